The highest BCUT2D eigenvalue weighted by Gasteiger charge is 2.30. The number of rotatable bonds is 6. The summed E-state index contributed by atoms with van der Waals surface area (Å²) in [5.74, 6) is -1.08. The van der Waals surface area contributed by atoms with Crippen molar-refractivity contribution in [1.29, 1.82) is 0 Å². The van der Waals surface area contributed by atoms with Crippen LogP contribution in [0, 0.1) is 0 Å². The Morgan fingerprint density at radius 2 is 1.48 bits per heavy atom. The highest BCUT2D eigenvalue weighted by atomic mass is 32.1. The minimum absolute atomic E-state index is 0.386. The highest BCUT2D eigenvalue weighted by Crippen LogP contribution is 2.23. The molecule has 0 aliphatic carbocycles. The van der Waals surface area contributed by atoms with Crippen molar-refractivity contribution >= 4 is 37.5 Å². The van der Waals surface area contributed by atoms with Gasteiger partial charge in [0.05, 0.1) is 0 Å². The summed E-state index contributed by atoms with van der Waals surface area (Å²) in [6, 6.07) is 18.2. The number of carboxylic acid groups (broad SMARTS) is 1. The van der Waals surface area contributed by atoms with E-state index in [1.54, 1.807) is 0 Å². The molecule has 0 fully saturated rings. The van der Waals surface area contributed by atoms with Gasteiger partial charge in [-0.3, -0.25) is 0 Å². The molecule has 0 bridgehead atoms. The van der Waals surface area contributed by atoms with Gasteiger partial charge in [-0.1, -0.05) is 36.4 Å². The van der Waals surface area contributed by atoms with E-state index in [2.05, 4.69) is 0 Å². The Balaban J connectivity index is 2.44. The van der Waals surface area contributed by atoms with Crippen LogP contribution in [0.25, 0.3) is 0 Å². The van der Waals surface area contributed by atoms with Crippen molar-refractivity contribution in [3.63, 3.8) is 0 Å². The molecule has 2 unspecified atom stereocenters. The van der Waals surface area contributed by atoms with Crippen molar-refractivity contribution in [2.24, 2.45) is 0 Å². The van der Waals surface area contributed by atoms with Gasteiger partial charge in [-0.2, -0.15) is 0 Å². The molecule has 3 N–H and O–H groups in total. The summed E-state index contributed by atoms with van der Waals surface area (Å²) in [6.07, 6.45) is 0. The number of hydrogen-bond acceptors (Lipinski definition) is 3. The van der Waals surface area contributed by atoms with Gasteiger partial charge in [-0.25, -0.2) is 4.79 Å². The van der Waals surface area contributed by atoms with E-state index in [1.807, 2.05) is 60.7 Å². The lowest BCUT2D eigenvalue weighted by molar-refractivity contribution is -0.630. The van der Waals surface area contributed by atoms with Gasteiger partial charge in [0, 0.05) is 10.6 Å². The second-order valence-electron chi connectivity index (χ2n) is 4.42. The maximum Gasteiger partial charge on any atom is 0.363 e. The zero-order chi connectivity index (χ0) is 15.2. The van der Waals surface area contributed by atoms with Gasteiger partial charge in [-0.15, -0.1) is 0 Å². The molecule has 2 aromatic rings. The number of aliphatic hydroxyl groups excluding tert-OH is 1. The van der Waals surface area contributed by atoms with E-state index in [0.29, 0.717) is 4.08 Å². The standard InChI is InChI=1S/C15H16NO3PS/c17-11-14(15(18)19)16(21)20(12-7-3-1-4-8-12)13-9-5-2-6-10-13/h1-10,14,16-17H,11H2,(H,18,19). The van der Waals surface area contributed by atoms with E-state index in [-0.39, 0.29) is 0 Å². The van der Waals surface area contributed by atoms with E-state index >= 15 is 0 Å². The smallest absolute Gasteiger partial charge is 0.363 e. The molecule has 2 rings (SSSR count). The highest BCUT2D eigenvalue weighted by molar-refractivity contribution is 7.73. The minimum Gasteiger partial charge on any atom is -0.493 e. The molecule has 0 spiro atoms. The lowest BCUT2D eigenvalue weighted by Gasteiger charge is -2.36. The lowest BCUT2D eigenvalue weighted by Crippen LogP contribution is -3.09. The van der Waals surface area contributed by atoms with E-state index in [4.69, 9.17) is 12.8 Å². The SMILES string of the molecule is O=C(O)C(CO)[NH+]([S-])P(c1ccccc1)c1ccccc1. The third-order valence-corrected chi connectivity index (χ3v) is 6.24. The zero-order valence-corrected chi connectivity index (χ0v) is 12.9. The first-order valence-corrected chi connectivity index (χ1v) is 8.18. The molecule has 6 heteroatoms. The Morgan fingerprint density at radius 3 is 1.81 bits per heavy atom. The number of quaternary nitrogens is 1. The summed E-state index contributed by atoms with van der Waals surface area (Å²) >= 11 is 5.42. The maximum atomic E-state index is 11.3. The zero-order valence-electron chi connectivity index (χ0n) is 11.2. The molecule has 0 heterocycles. The van der Waals surface area contributed by atoms with Crippen LogP contribution < -0.4 is 14.7 Å². The van der Waals surface area contributed by atoms with Gasteiger partial charge in [0.2, 0.25) is 0 Å². The average molecular weight is 321 g/mol. The fraction of sp³-hybridized carbons (Fsp3) is 0.133. The molecular formula is C15H16NO3PS. The Bertz CT molecular complexity index is 542. The lowest BCUT2D eigenvalue weighted by atomic mass is 10.3. The molecule has 0 aromatic heterocycles. The monoisotopic (exact) mass is 321 g/mol. The fourth-order valence-corrected chi connectivity index (χ4v) is 5.03. The number of hydrogen-bond donors (Lipinski definition) is 3. The van der Waals surface area contributed by atoms with Gasteiger partial charge >= 0.3 is 5.97 Å². The third-order valence-electron chi connectivity index (χ3n) is 3.03. The Kier molecular flexibility index (Phi) is 5.76. The first-order valence-electron chi connectivity index (χ1n) is 6.43. The van der Waals surface area contributed by atoms with Crippen LogP contribution in [0.4, 0.5) is 0 Å². The van der Waals surface area contributed by atoms with Crippen molar-refractivity contribution in [3.05, 3.63) is 60.7 Å². The first kappa shape index (κ1) is 16.0. The number of benzene rings is 2. The second kappa shape index (κ2) is 7.57. The van der Waals surface area contributed by atoms with Crippen LogP contribution in [0.15, 0.2) is 60.7 Å². The van der Waals surface area contributed by atoms with E-state index in [0.717, 1.165) is 10.6 Å². The summed E-state index contributed by atoms with van der Waals surface area (Å²) in [4.78, 5) is 11.3. The summed E-state index contributed by atoms with van der Waals surface area (Å²) < 4.78 is 0.386. The molecule has 21 heavy (non-hydrogen) atoms. The predicted molar refractivity (Wildman–Crippen MR) is 85.9 cm³/mol. The molecular weight excluding hydrogens is 305 g/mol. The van der Waals surface area contributed by atoms with Crippen LogP contribution in [-0.2, 0) is 17.6 Å². The van der Waals surface area contributed by atoms with Crippen molar-refractivity contribution in [2.45, 2.75) is 6.04 Å². The van der Waals surface area contributed by atoms with Gasteiger partial charge in [-0.05, 0) is 24.3 Å². The molecule has 0 aliphatic heterocycles. The van der Waals surface area contributed by atoms with Crippen LogP contribution in [0.2, 0.25) is 0 Å². The van der Waals surface area contributed by atoms with Crippen molar-refractivity contribution in [3.8, 4) is 0 Å². The number of carbonyl (C=O) groups is 1. The van der Waals surface area contributed by atoms with Gasteiger partial charge in [0.1, 0.15) is 14.7 Å². The topological polar surface area (TPSA) is 62.0 Å². The Morgan fingerprint density at radius 1 is 1.05 bits per heavy atom. The van der Waals surface area contributed by atoms with Crippen LogP contribution in [0.5, 0.6) is 0 Å². The molecule has 4 nitrogen and oxygen atoms in total. The second-order valence-corrected chi connectivity index (χ2v) is 7.35. The summed E-state index contributed by atoms with van der Waals surface area (Å²) in [5.41, 5.74) is 0. The Labute approximate surface area is 130 Å². The summed E-state index contributed by atoms with van der Waals surface area (Å²) in [5, 5.41) is 20.6. The largest absolute Gasteiger partial charge is 0.493 e. The van der Waals surface area contributed by atoms with Crippen LogP contribution >= 0.6 is 8.07 Å². The minimum atomic E-state index is -1.10. The molecule has 0 radical (unpaired) electrons. The van der Waals surface area contributed by atoms with Gasteiger partial charge < -0.3 is 27.1 Å². The van der Waals surface area contributed by atoms with E-state index in [9.17, 15) is 15.0 Å². The van der Waals surface area contributed by atoms with E-state index in [1.165, 1.54) is 0 Å². The number of nitrogens with one attached hydrogen (secondary N) is 1. The quantitative estimate of drug-likeness (QED) is 0.511. The van der Waals surface area contributed by atoms with Crippen LogP contribution in [-0.4, -0.2) is 28.8 Å². The normalized spacial score (nSPS) is 13.9. The van der Waals surface area contributed by atoms with E-state index < -0.39 is 26.7 Å². The van der Waals surface area contributed by atoms with Gasteiger partial charge in [0.15, 0.2) is 6.04 Å². The van der Waals surface area contributed by atoms with Crippen LogP contribution in [0.1, 0.15) is 0 Å². The van der Waals surface area contributed by atoms with Crippen molar-refractivity contribution in [1.82, 2.24) is 0 Å². The Hall–Kier alpha value is -1.39. The predicted octanol–water partition coefficient (Wildman–Crippen LogP) is -0.173. The average Bonchev–Trinajstić information content (AvgIpc) is 2.50. The number of aliphatic hydroxyl groups is 1. The molecule has 2 aromatic carbocycles. The summed E-state index contributed by atoms with van der Waals surface area (Å²) in [6.45, 7) is -0.479. The van der Waals surface area contributed by atoms with Crippen molar-refractivity contribution in [2.75, 3.05) is 6.61 Å². The molecule has 0 saturated heterocycles. The molecule has 2 atom stereocenters. The summed E-state index contributed by atoms with van der Waals surface area (Å²) in [7, 11) is -1.10. The molecule has 0 saturated carbocycles. The number of carboxylic acids is 1. The maximum absolute atomic E-state index is 11.3. The molecule has 0 aliphatic rings. The van der Waals surface area contributed by atoms with Crippen LogP contribution in [0.3, 0.4) is 0 Å². The molecule has 110 valence electrons. The fourth-order valence-electron chi connectivity index (χ4n) is 1.98. The van der Waals surface area contributed by atoms with Gasteiger partial charge in [0.25, 0.3) is 0 Å². The molecule has 0 amide bonds. The first-order chi connectivity index (χ1) is 10.1. The third kappa shape index (κ3) is 3.83. The van der Waals surface area contributed by atoms with Crippen molar-refractivity contribution < 1.29 is 19.1 Å². The number of aliphatic carboxylic acids is 1.